The number of hydrogen-bond acceptors (Lipinski definition) is 4. The van der Waals surface area contributed by atoms with Crippen molar-refractivity contribution < 1.29 is 4.74 Å². The third kappa shape index (κ3) is 2.15. The number of nitrogens with zero attached hydrogens (tertiary/aromatic N) is 1. The molecule has 4 nitrogen and oxygen atoms in total. The lowest BCUT2D eigenvalue weighted by Gasteiger charge is -2.16. The van der Waals surface area contributed by atoms with Gasteiger partial charge in [0.2, 0.25) is 0 Å². The van der Waals surface area contributed by atoms with E-state index in [1.165, 1.54) is 0 Å². The number of ether oxygens (including phenoxy) is 1. The first-order valence-corrected chi connectivity index (χ1v) is 6.71. The summed E-state index contributed by atoms with van der Waals surface area (Å²) in [5.41, 5.74) is 8.60. The highest BCUT2D eigenvalue weighted by atomic mass is 79.9. The third-order valence-electron chi connectivity index (χ3n) is 3.14. The van der Waals surface area contributed by atoms with E-state index in [4.69, 9.17) is 10.5 Å². The van der Waals surface area contributed by atoms with Gasteiger partial charge in [-0.2, -0.15) is 0 Å². The number of hydrogen-bond donors (Lipinski definition) is 2. The molecule has 2 heterocycles. The Morgan fingerprint density at radius 2 is 2.33 bits per heavy atom. The highest BCUT2D eigenvalue weighted by Crippen LogP contribution is 2.31. The minimum Gasteiger partial charge on any atom is -0.396 e. The normalized spacial score (nSPS) is 19.3. The van der Waals surface area contributed by atoms with Crippen LogP contribution in [0.15, 0.2) is 28.9 Å². The number of benzene rings is 1. The lowest BCUT2D eigenvalue weighted by atomic mass is 10.1. The summed E-state index contributed by atoms with van der Waals surface area (Å²) >= 11 is 3.48. The van der Waals surface area contributed by atoms with Gasteiger partial charge >= 0.3 is 0 Å². The Morgan fingerprint density at radius 1 is 1.44 bits per heavy atom. The molecule has 0 bridgehead atoms. The van der Waals surface area contributed by atoms with E-state index in [1.807, 2.05) is 18.2 Å². The van der Waals surface area contributed by atoms with E-state index in [0.29, 0.717) is 11.7 Å². The largest absolute Gasteiger partial charge is 0.396 e. The van der Waals surface area contributed by atoms with Crippen LogP contribution >= 0.6 is 15.9 Å². The number of nitrogens with two attached hydrogens (primary N) is 1. The number of halogens is 1. The van der Waals surface area contributed by atoms with Gasteiger partial charge in [-0.1, -0.05) is 15.9 Å². The number of aromatic nitrogens is 1. The number of nitrogens with one attached hydrogen (secondary N) is 1. The Balaban J connectivity index is 2.07. The van der Waals surface area contributed by atoms with Crippen LogP contribution in [0.1, 0.15) is 6.42 Å². The van der Waals surface area contributed by atoms with E-state index in [2.05, 4.69) is 26.2 Å². The van der Waals surface area contributed by atoms with Crippen LogP contribution in [-0.2, 0) is 4.74 Å². The zero-order valence-electron chi connectivity index (χ0n) is 9.82. The van der Waals surface area contributed by atoms with Gasteiger partial charge in [0.25, 0.3) is 0 Å². The molecule has 3 rings (SSSR count). The number of anilines is 2. The molecule has 1 aromatic heterocycles. The van der Waals surface area contributed by atoms with Crippen molar-refractivity contribution >= 4 is 38.2 Å². The summed E-state index contributed by atoms with van der Waals surface area (Å²) in [4.78, 5) is 4.34. The molecule has 1 atom stereocenters. The maximum atomic E-state index is 6.03. The predicted molar refractivity (Wildman–Crippen MR) is 76.7 cm³/mol. The van der Waals surface area contributed by atoms with E-state index >= 15 is 0 Å². The highest BCUT2D eigenvalue weighted by Gasteiger charge is 2.17. The molecule has 18 heavy (non-hydrogen) atoms. The van der Waals surface area contributed by atoms with Crippen LogP contribution in [0.4, 0.5) is 11.4 Å². The SMILES string of the molecule is Nc1cnc2ccc(Br)cc2c1NC1CCOC1. The van der Waals surface area contributed by atoms with Crippen LogP contribution in [-0.4, -0.2) is 24.2 Å². The van der Waals surface area contributed by atoms with Crippen LogP contribution in [0.3, 0.4) is 0 Å². The molecule has 5 heteroatoms. The van der Waals surface area contributed by atoms with Gasteiger partial charge in [-0.25, -0.2) is 0 Å². The smallest absolute Gasteiger partial charge is 0.0743 e. The second-order valence-electron chi connectivity index (χ2n) is 4.45. The maximum absolute atomic E-state index is 6.03. The molecule has 1 aliphatic heterocycles. The zero-order valence-corrected chi connectivity index (χ0v) is 11.4. The van der Waals surface area contributed by atoms with Crippen molar-refractivity contribution in [3.63, 3.8) is 0 Å². The summed E-state index contributed by atoms with van der Waals surface area (Å²) in [6, 6.07) is 6.33. The van der Waals surface area contributed by atoms with Crippen LogP contribution in [0.2, 0.25) is 0 Å². The fraction of sp³-hybridized carbons (Fsp3) is 0.308. The van der Waals surface area contributed by atoms with E-state index < -0.39 is 0 Å². The van der Waals surface area contributed by atoms with Crippen molar-refractivity contribution in [2.75, 3.05) is 24.3 Å². The quantitative estimate of drug-likeness (QED) is 0.895. The number of nitrogen functional groups attached to an aromatic ring is 1. The number of fused-ring (bicyclic) bond motifs is 1. The third-order valence-corrected chi connectivity index (χ3v) is 3.63. The molecule has 1 aromatic carbocycles. The second kappa shape index (κ2) is 4.74. The predicted octanol–water partition coefficient (Wildman–Crippen LogP) is 2.78. The van der Waals surface area contributed by atoms with Gasteiger partial charge in [-0.15, -0.1) is 0 Å². The van der Waals surface area contributed by atoms with E-state index in [0.717, 1.165) is 40.7 Å². The van der Waals surface area contributed by atoms with Crippen LogP contribution in [0, 0.1) is 0 Å². The average molecular weight is 308 g/mol. The first-order valence-electron chi connectivity index (χ1n) is 5.92. The van der Waals surface area contributed by atoms with Crippen molar-refractivity contribution in [3.05, 3.63) is 28.9 Å². The molecule has 0 aliphatic carbocycles. The first kappa shape index (κ1) is 11.7. The summed E-state index contributed by atoms with van der Waals surface area (Å²) in [7, 11) is 0. The minimum atomic E-state index is 0.330. The van der Waals surface area contributed by atoms with Crippen molar-refractivity contribution in [1.82, 2.24) is 4.98 Å². The van der Waals surface area contributed by atoms with Crippen molar-refractivity contribution in [2.45, 2.75) is 12.5 Å². The maximum Gasteiger partial charge on any atom is 0.0743 e. The van der Waals surface area contributed by atoms with Crippen LogP contribution < -0.4 is 11.1 Å². The van der Waals surface area contributed by atoms with Gasteiger partial charge in [0, 0.05) is 16.5 Å². The van der Waals surface area contributed by atoms with Crippen molar-refractivity contribution in [3.8, 4) is 0 Å². The summed E-state index contributed by atoms with van der Waals surface area (Å²) in [5, 5.41) is 4.51. The minimum absolute atomic E-state index is 0.330. The molecule has 0 spiro atoms. The molecule has 0 radical (unpaired) electrons. The number of rotatable bonds is 2. The van der Waals surface area contributed by atoms with E-state index in [-0.39, 0.29) is 0 Å². The summed E-state index contributed by atoms with van der Waals surface area (Å²) in [5.74, 6) is 0. The lowest BCUT2D eigenvalue weighted by Crippen LogP contribution is -2.20. The molecule has 2 aromatic rings. The molecular weight excluding hydrogens is 294 g/mol. The fourth-order valence-corrected chi connectivity index (χ4v) is 2.55. The standard InChI is InChI=1S/C13H14BrN3O/c14-8-1-2-12-10(5-8)13(11(15)6-16-12)17-9-3-4-18-7-9/h1-2,5-6,9H,3-4,7,15H2,(H,16,17). The Bertz CT molecular complexity index is 576. The van der Waals surface area contributed by atoms with Gasteiger partial charge in [-0.05, 0) is 24.6 Å². The molecule has 3 N–H and O–H groups in total. The Kier molecular flexibility index (Phi) is 3.09. The topological polar surface area (TPSA) is 60.2 Å². The Hall–Kier alpha value is -1.33. The van der Waals surface area contributed by atoms with Gasteiger partial charge in [0.15, 0.2) is 0 Å². The van der Waals surface area contributed by atoms with Gasteiger partial charge in [-0.3, -0.25) is 4.98 Å². The molecule has 1 fully saturated rings. The molecule has 1 saturated heterocycles. The highest BCUT2D eigenvalue weighted by molar-refractivity contribution is 9.10. The zero-order chi connectivity index (χ0) is 12.5. The average Bonchev–Trinajstić information content (AvgIpc) is 2.86. The Morgan fingerprint density at radius 3 is 3.11 bits per heavy atom. The second-order valence-corrected chi connectivity index (χ2v) is 5.37. The van der Waals surface area contributed by atoms with Crippen molar-refractivity contribution in [1.29, 1.82) is 0 Å². The van der Waals surface area contributed by atoms with Crippen molar-refractivity contribution in [2.24, 2.45) is 0 Å². The van der Waals surface area contributed by atoms with E-state index in [9.17, 15) is 0 Å². The molecular formula is C13H14BrN3O. The van der Waals surface area contributed by atoms with Gasteiger partial charge < -0.3 is 15.8 Å². The molecule has 1 unspecified atom stereocenters. The monoisotopic (exact) mass is 307 g/mol. The van der Waals surface area contributed by atoms with Crippen LogP contribution in [0.25, 0.3) is 10.9 Å². The molecule has 94 valence electrons. The summed E-state index contributed by atoms with van der Waals surface area (Å²) in [6.07, 6.45) is 2.71. The first-order chi connectivity index (χ1) is 8.74. The number of pyridine rings is 1. The van der Waals surface area contributed by atoms with Gasteiger partial charge in [0.05, 0.1) is 35.7 Å². The lowest BCUT2D eigenvalue weighted by molar-refractivity contribution is 0.195. The molecule has 1 aliphatic rings. The van der Waals surface area contributed by atoms with Crippen LogP contribution in [0.5, 0.6) is 0 Å². The van der Waals surface area contributed by atoms with E-state index in [1.54, 1.807) is 6.20 Å². The van der Waals surface area contributed by atoms with Gasteiger partial charge in [0.1, 0.15) is 0 Å². The molecule has 0 saturated carbocycles. The molecule has 0 amide bonds. The Labute approximate surface area is 114 Å². The summed E-state index contributed by atoms with van der Waals surface area (Å²) in [6.45, 7) is 1.54. The fourth-order valence-electron chi connectivity index (χ4n) is 2.19. The summed E-state index contributed by atoms with van der Waals surface area (Å²) < 4.78 is 6.40.